The van der Waals surface area contributed by atoms with E-state index in [-0.39, 0.29) is 0 Å². The predicted octanol–water partition coefficient (Wildman–Crippen LogP) is 7.45. The Hall–Kier alpha value is 0.961. The molecule has 0 aliphatic heterocycles. The van der Waals surface area contributed by atoms with Crippen molar-refractivity contribution in [2.24, 2.45) is 0 Å². The van der Waals surface area contributed by atoms with Crippen molar-refractivity contribution in [3.05, 3.63) is 0 Å². The van der Waals surface area contributed by atoms with E-state index in [1.807, 2.05) is 0 Å². The Labute approximate surface area is 162 Å². The van der Waals surface area contributed by atoms with Crippen LogP contribution in [0.2, 0.25) is 77.1 Å². The summed E-state index contributed by atoms with van der Waals surface area (Å²) in [5, 5.41) is 0. The first kappa shape index (κ1) is 26.0. The normalized spacial score (nSPS) is 13.7. The standard InChI is InChI=1S/C18H45O3PSi3/c1-23(2,3)16-10-13-19-22(20-14-11-17-24(4,5)6)21-15-12-18-25(7,8)9/h10-18H2,1-9H3. The Bertz CT molecular complexity index is 284. The number of hydrogen-bond acceptors (Lipinski definition) is 3. The molecular weight excluding hydrogens is 379 g/mol. The Kier molecular flexibility index (Phi) is 12.9. The third-order valence-electron chi connectivity index (χ3n) is 3.80. The SMILES string of the molecule is C[Si](C)(C)CCCOP(OCCC[Si](C)(C)C)OCCC[Si](C)(C)C. The lowest BCUT2D eigenvalue weighted by Crippen LogP contribution is -2.20. The minimum absolute atomic E-state index is 0.776. The lowest BCUT2D eigenvalue weighted by atomic mass is 10.5. The quantitative estimate of drug-likeness (QED) is 0.155. The van der Waals surface area contributed by atoms with Gasteiger partial charge in [-0.3, -0.25) is 0 Å². The van der Waals surface area contributed by atoms with Gasteiger partial charge >= 0.3 is 8.60 Å². The minimum atomic E-state index is -1.16. The maximum Gasteiger partial charge on any atom is 0.332 e. The van der Waals surface area contributed by atoms with E-state index in [1.54, 1.807) is 0 Å². The molecule has 0 atom stereocenters. The average molecular weight is 425 g/mol. The first-order valence-corrected chi connectivity index (χ1v) is 22.2. The summed E-state index contributed by atoms with van der Waals surface area (Å²) in [6.07, 6.45) is 3.39. The molecule has 0 saturated heterocycles. The molecule has 0 aliphatic rings. The van der Waals surface area contributed by atoms with Crippen LogP contribution in [0.1, 0.15) is 19.3 Å². The fourth-order valence-corrected chi connectivity index (χ4v) is 7.01. The minimum Gasteiger partial charge on any atom is -0.312 e. The van der Waals surface area contributed by atoms with Gasteiger partial charge in [0, 0.05) is 24.2 Å². The van der Waals surface area contributed by atoms with Crippen molar-refractivity contribution in [1.29, 1.82) is 0 Å². The zero-order valence-corrected chi connectivity index (χ0v) is 22.4. The van der Waals surface area contributed by atoms with Crippen LogP contribution in [0, 0.1) is 0 Å². The first-order valence-electron chi connectivity index (χ1n) is 9.97. The van der Waals surface area contributed by atoms with E-state index in [0.29, 0.717) is 0 Å². The Morgan fingerprint density at radius 3 is 0.920 bits per heavy atom. The van der Waals surface area contributed by atoms with Gasteiger partial charge < -0.3 is 13.6 Å². The summed E-state index contributed by atoms with van der Waals surface area (Å²) in [6, 6.07) is 3.92. The molecule has 0 aromatic carbocycles. The fraction of sp³-hybridized carbons (Fsp3) is 1.00. The van der Waals surface area contributed by atoms with Crippen LogP contribution in [0.3, 0.4) is 0 Å². The van der Waals surface area contributed by atoms with E-state index in [2.05, 4.69) is 58.9 Å². The monoisotopic (exact) mass is 424 g/mol. The smallest absolute Gasteiger partial charge is 0.312 e. The van der Waals surface area contributed by atoms with Crippen LogP contribution in [0.25, 0.3) is 0 Å². The van der Waals surface area contributed by atoms with Gasteiger partial charge in [-0.2, -0.15) is 0 Å². The molecule has 0 aromatic rings. The van der Waals surface area contributed by atoms with Crippen LogP contribution in [-0.4, -0.2) is 44.0 Å². The van der Waals surface area contributed by atoms with Gasteiger partial charge in [0.2, 0.25) is 0 Å². The highest BCUT2D eigenvalue weighted by Crippen LogP contribution is 2.40. The lowest BCUT2D eigenvalue weighted by Gasteiger charge is -2.21. The van der Waals surface area contributed by atoms with Crippen LogP contribution < -0.4 is 0 Å². The second kappa shape index (κ2) is 12.4. The zero-order valence-electron chi connectivity index (χ0n) is 18.5. The summed E-state index contributed by atoms with van der Waals surface area (Å²) in [4.78, 5) is 0. The Morgan fingerprint density at radius 2 is 0.720 bits per heavy atom. The fourth-order valence-electron chi connectivity index (χ4n) is 2.34. The molecule has 0 unspecified atom stereocenters. The van der Waals surface area contributed by atoms with Gasteiger partial charge in [-0.25, -0.2) is 0 Å². The van der Waals surface area contributed by atoms with Crippen LogP contribution in [-0.2, 0) is 13.6 Å². The molecule has 3 nitrogen and oxygen atoms in total. The van der Waals surface area contributed by atoms with E-state index in [4.69, 9.17) is 13.6 Å². The topological polar surface area (TPSA) is 27.7 Å². The van der Waals surface area contributed by atoms with Crippen LogP contribution >= 0.6 is 8.60 Å². The van der Waals surface area contributed by atoms with Gasteiger partial charge in [0.15, 0.2) is 0 Å². The highest BCUT2D eigenvalue weighted by atomic mass is 31.2. The van der Waals surface area contributed by atoms with Crippen molar-refractivity contribution in [3.8, 4) is 0 Å². The van der Waals surface area contributed by atoms with Crippen molar-refractivity contribution >= 4 is 32.8 Å². The highest BCUT2D eigenvalue weighted by Gasteiger charge is 2.18. The molecule has 152 valence electrons. The molecule has 0 aliphatic carbocycles. The van der Waals surface area contributed by atoms with E-state index in [1.165, 1.54) is 18.1 Å². The number of rotatable bonds is 15. The molecule has 0 bridgehead atoms. The second-order valence-electron chi connectivity index (χ2n) is 10.7. The summed E-state index contributed by atoms with van der Waals surface area (Å²) in [5.74, 6) is 0. The molecule has 0 aromatic heterocycles. The molecule has 25 heavy (non-hydrogen) atoms. The van der Waals surface area contributed by atoms with Gasteiger partial charge in [0.25, 0.3) is 0 Å². The summed E-state index contributed by atoms with van der Waals surface area (Å²) in [7, 11) is -4.09. The van der Waals surface area contributed by atoms with Crippen LogP contribution in [0.4, 0.5) is 0 Å². The average Bonchev–Trinajstić information content (AvgIpc) is 2.40. The van der Waals surface area contributed by atoms with Gasteiger partial charge in [-0.1, -0.05) is 77.1 Å². The van der Waals surface area contributed by atoms with Gasteiger partial charge in [0.05, 0.1) is 19.8 Å². The molecule has 0 heterocycles. The molecule has 0 fully saturated rings. The molecule has 0 radical (unpaired) electrons. The van der Waals surface area contributed by atoms with Crippen molar-refractivity contribution in [2.45, 2.75) is 96.3 Å². The maximum atomic E-state index is 5.97. The second-order valence-corrected chi connectivity index (χ2v) is 28.8. The third-order valence-corrected chi connectivity index (χ3v) is 10.5. The molecular formula is C18H45O3PSi3. The lowest BCUT2D eigenvalue weighted by molar-refractivity contribution is 0.160. The predicted molar refractivity (Wildman–Crippen MR) is 123 cm³/mol. The van der Waals surface area contributed by atoms with E-state index in [9.17, 15) is 0 Å². The zero-order chi connectivity index (χ0) is 19.6. The summed E-state index contributed by atoms with van der Waals surface area (Å²) in [6.45, 7) is 24.0. The van der Waals surface area contributed by atoms with Gasteiger partial charge in [-0.05, 0) is 19.3 Å². The van der Waals surface area contributed by atoms with E-state index in [0.717, 1.165) is 39.1 Å². The van der Waals surface area contributed by atoms with E-state index < -0.39 is 32.8 Å². The van der Waals surface area contributed by atoms with Crippen LogP contribution in [0.15, 0.2) is 0 Å². The number of hydrogen-bond donors (Lipinski definition) is 0. The van der Waals surface area contributed by atoms with Crippen molar-refractivity contribution < 1.29 is 13.6 Å². The maximum absolute atomic E-state index is 5.97. The van der Waals surface area contributed by atoms with Crippen molar-refractivity contribution in [2.75, 3.05) is 19.8 Å². The van der Waals surface area contributed by atoms with Crippen LogP contribution in [0.5, 0.6) is 0 Å². The van der Waals surface area contributed by atoms with Gasteiger partial charge in [0.1, 0.15) is 0 Å². The van der Waals surface area contributed by atoms with Crippen molar-refractivity contribution in [1.82, 2.24) is 0 Å². The molecule has 0 amide bonds. The Morgan fingerprint density at radius 1 is 0.480 bits per heavy atom. The van der Waals surface area contributed by atoms with Gasteiger partial charge in [-0.15, -0.1) is 0 Å². The largest absolute Gasteiger partial charge is 0.332 e. The Balaban J connectivity index is 4.12. The van der Waals surface area contributed by atoms with E-state index >= 15 is 0 Å². The third kappa shape index (κ3) is 21.1. The first-order chi connectivity index (χ1) is 11.3. The molecule has 0 rings (SSSR count). The molecule has 0 saturated carbocycles. The molecule has 7 heteroatoms. The highest BCUT2D eigenvalue weighted by molar-refractivity contribution is 7.41. The summed E-state index contributed by atoms with van der Waals surface area (Å²) in [5.41, 5.74) is 0. The molecule has 0 spiro atoms. The summed E-state index contributed by atoms with van der Waals surface area (Å²) >= 11 is 0. The summed E-state index contributed by atoms with van der Waals surface area (Å²) < 4.78 is 17.9. The molecule has 0 N–H and O–H groups in total. The van der Waals surface area contributed by atoms with Crippen molar-refractivity contribution in [3.63, 3.8) is 0 Å².